The number of nitrogens with zero attached hydrogens (tertiary/aromatic N) is 3. The smallest absolute Gasteiger partial charge is 0.335 e. The fourth-order valence-electron chi connectivity index (χ4n) is 4.57. The molecule has 4 aromatic rings. The Morgan fingerprint density at radius 3 is 2.38 bits per heavy atom. The minimum absolute atomic E-state index is 0.219. The number of rotatable bonds is 5. The van der Waals surface area contributed by atoms with Crippen LogP contribution in [0, 0.1) is 0 Å². The molecule has 0 bridgehead atoms. The number of pyridine rings is 1. The number of halogens is 1. The number of fused-ring (bicyclic) bond motifs is 1. The highest BCUT2D eigenvalue weighted by molar-refractivity contribution is 6.29. The number of nitrogens with one attached hydrogen (secondary N) is 1. The van der Waals surface area contributed by atoms with Crippen molar-refractivity contribution in [2.24, 2.45) is 0 Å². The monoisotopic (exact) mass is 474 g/mol. The SMILES string of the molecule is O=C(O)c1ccc2c(c1)nc(-c1ccc(C(=O)Nc3ccc(Cl)nc3)cc1)n2C1CCCCC1. The second-order valence-corrected chi connectivity index (χ2v) is 8.89. The first kappa shape index (κ1) is 22.1. The Hall–Kier alpha value is -3.71. The molecule has 2 heterocycles. The number of carbonyl (C=O) groups is 2. The van der Waals surface area contributed by atoms with Crippen LogP contribution in [0.3, 0.4) is 0 Å². The number of imidazole rings is 1. The molecule has 0 atom stereocenters. The molecule has 1 aliphatic carbocycles. The molecule has 0 radical (unpaired) electrons. The van der Waals surface area contributed by atoms with Crippen LogP contribution in [0.4, 0.5) is 5.69 Å². The normalized spacial score (nSPS) is 14.3. The minimum Gasteiger partial charge on any atom is -0.478 e. The number of benzene rings is 2. The van der Waals surface area contributed by atoms with E-state index in [1.54, 1.807) is 36.4 Å². The van der Waals surface area contributed by atoms with Crippen LogP contribution in [0.5, 0.6) is 0 Å². The standard InChI is InChI=1S/C26H23ClN4O3/c27-23-13-11-19(15-28-23)29-25(32)17-8-6-16(7-9-17)24-30-21-14-18(26(33)34)10-12-22(21)31(24)20-4-2-1-3-5-20/h6-15,20H,1-5H2,(H,29,32)(H,33,34). The highest BCUT2D eigenvalue weighted by Gasteiger charge is 2.23. The van der Waals surface area contributed by atoms with Crippen molar-refractivity contribution in [3.8, 4) is 11.4 Å². The first-order valence-corrected chi connectivity index (χ1v) is 11.7. The highest BCUT2D eigenvalue weighted by Crippen LogP contribution is 2.36. The topological polar surface area (TPSA) is 97.1 Å². The molecule has 1 fully saturated rings. The molecule has 7 nitrogen and oxygen atoms in total. The Morgan fingerprint density at radius 2 is 1.71 bits per heavy atom. The molecule has 5 rings (SSSR count). The number of anilines is 1. The van der Waals surface area contributed by atoms with E-state index < -0.39 is 5.97 Å². The first-order valence-electron chi connectivity index (χ1n) is 11.3. The molecular formula is C26H23ClN4O3. The largest absolute Gasteiger partial charge is 0.478 e. The molecule has 0 unspecified atom stereocenters. The highest BCUT2D eigenvalue weighted by atomic mass is 35.5. The fourth-order valence-corrected chi connectivity index (χ4v) is 4.68. The molecule has 1 saturated carbocycles. The van der Waals surface area contributed by atoms with Crippen molar-refractivity contribution in [2.45, 2.75) is 38.1 Å². The molecule has 2 aromatic carbocycles. The Labute approximate surface area is 201 Å². The summed E-state index contributed by atoms with van der Waals surface area (Å²) >= 11 is 5.80. The maximum Gasteiger partial charge on any atom is 0.335 e. The molecule has 0 aliphatic heterocycles. The van der Waals surface area contributed by atoms with Gasteiger partial charge in [0.15, 0.2) is 0 Å². The molecule has 0 saturated heterocycles. The average Bonchev–Trinajstić information content (AvgIpc) is 3.25. The lowest BCUT2D eigenvalue weighted by Crippen LogP contribution is -2.14. The minimum atomic E-state index is -0.970. The van der Waals surface area contributed by atoms with Gasteiger partial charge in [0.1, 0.15) is 11.0 Å². The summed E-state index contributed by atoms with van der Waals surface area (Å²) in [6.45, 7) is 0. The number of carboxylic acid groups (broad SMARTS) is 1. The van der Waals surface area contributed by atoms with Crippen LogP contribution in [-0.4, -0.2) is 31.5 Å². The average molecular weight is 475 g/mol. The Bertz CT molecular complexity index is 1360. The third-order valence-electron chi connectivity index (χ3n) is 6.27. The van der Waals surface area contributed by atoms with E-state index >= 15 is 0 Å². The van der Waals surface area contributed by atoms with Crippen molar-refractivity contribution in [1.82, 2.24) is 14.5 Å². The van der Waals surface area contributed by atoms with Gasteiger partial charge < -0.3 is 15.0 Å². The lowest BCUT2D eigenvalue weighted by molar-refractivity contribution is 0.0696. The van der Waals surface area contributed by atoms with Gasteiger partial charge in [-0.25, -0.2) is 14.8 Å². The molecule has 8 heteroatoms. The van der Waals surface area contributed by atoms with E-state index in [-0.39, 0.29) is 11.5 Å². The van der Waals surface area contributed by atoms with Crippen molar-refractivity contribution in [3.63, 3.8) is 0 Å². The van der Waals surface area contributed by atoms with E-state index in [2.05, 4.69) is 14.9 Å². The Kier molecular flexibility index (Phi) is 6.02. The summed E-state index contributed by atoms with van der Waals surface area (Å²) in [5, 5.41) is 12.6. The van der Waals surface area contributed by atoms with Crippen LogP contribution in [0.1, 0.15) is 58.9 Å². The van der Waals surface area contributed by atoms with Gasteiger partial charge in [-0.3, -0.25) is 4.79 Å². The number of hydrogen-bond donors (Lipinski definition) is 2. The molecule has 172 valence electrons. The summed E-state index contributed by atoms with van der Waals surface area (Å²) in [5.41, 5.74) is 3.76. The predicted molar refractivity (Wildman–Crippen MR) is 131 cm³/mol. The number of carbonyl (C=O) groups excluding carboxylic acids is 1. The van der Waals surface area contributed by atoms with Crippen LogP contribution < -0.4 is 5.32 Å². The lowest BCUT2D eigenvalue weighted by atomic mass is 9.94. The molecule has 0 spiro atoms. The maximum absolute atomic E-state index is 12.7. The lowest BCUT2D eigenvalue weighted by Gasteiger charge is -2.25. The molecule has 1 amide bonds. The molecule has 2 aromatic heterocycles. The molecular weight excluding hydrogens is 452 g/mol. The van der Waals surface area contributed by atoms with Gasteiger partial charge in [-0.05, 0) is 55.3 Å². The zero-order valence-corrected chi connectivity index (χ0v) is 19.1. The van der Waals surface area contributed by atoms with Crippen LogP contribution >= 0.6 is 11.6 Å². The van der Waals surface area contributed by atoms with Gasteiger partial charge in [0.05, 0.1) is 28.5 Å². The van der Waals surface area contributed by atoms with Gasteiger partial charge in [-0.15, -0.1) is 0 Å². The molecule has 1 aliphatic rings. The van der Waals surface area contributed by atoms with E-state index in [0.29, 0.717) is 28.0 Å². The third kappa shape index (κ3) is 4.39. The number of aromatic nitrogens is 3. The van der Waals surface area contributed by atoms with Crippen molar-refractivity contribution < 1.29 is 14.7 Å². The fraction of sp³-hybridized carbons (Fsp3) is 0.231. The zero-order valence-electron chi connectivity index (χ0n) is 18.4. The summed E-state index contributed by atoms with van der Waals surface area (Å²) in [4.78, 5) is 32.9. The molecule has 2 N–H and O–H groups in total. The summed E-state index contributed by atoms with van der Waals surface area (Å²) < 4.78 is 2.24. The van der Waals surface area contributed by atoms with Gasteiger partial charge in [0.2, 0.25) is 0 Å². The number of carboxylic acids is 1. The first-order chi connectivity index (χ1) is 16.5. The van der Waals surface area contributed by atoms with Crippen LogP contribution in [0.2, 0.25) is 5.15 Å². The van der Waals surface area contributed by atoms with Crippen LogP contribution in [0.25, 0.3) is 22.4 Å². The Morgan fingerprint density at radius 1 is 0.971 bits per heavy atom. The zero-order chi connectivity index (χ0) is 23.7. The van der Waals surface area contributed by atoms with E-state index in [1.165, 1.54) is 12.6 Å². The summed E-state index contributed by atoms with van der Waals surface area (Å²) in [6.07, 6.45) is 7.19. The van der Waals surface area contributed by atoms with Crippen molar-refractivity contribution in [2.75, 3.05) is 5.32 Å². The Balaban J connectivity index is 1.49. The van der Waals surface area contributed by atoms with Crippen LogP contribution in [0.15, 0.2) is 60.8 Å². The van der Waals surface area contributed by atoms with Gasteiger partial charge >= 0.3 is 5.97 Å². The van der Waals surface area contributed by atoms with E-state index in [4.69, 9.17) is 16.6 Å². The van der Waals surface area contributed by atoms with Gasteiger partial charge in [-0.1, -0.05) is 43.0 Å². The molecule has 34 heavy (non-hydrogen) atoms. The number of amides is 1. The summed E-state index contributed by atoms with van der Waals surface area (Å²) in [5.74, 6) is -0.428. The van der Waals surface area contributed by atoms with Gasteiger partial charge in [0.25, 0.3) is 5.91 Å². The van der Waals surface area contributed by atoms with E-state index in [0.717, 1.165) is 42.6 Å². The van der Waals surface area contributed by atoms with Crippen molar-refractivity contribution in [3.05, 3.63) is 77.1 Å². The van der Waals surface area contributed by atoms with E-state index in [1.807, 2.05) is 18.2 Å². The van der Waals surface area contributed by atoms with Gasteiger partial charge in [-0.2, -0.15) is 0 Å². The number of aromatic carboxylic acids is 1. The summed E-state index contributed by atoms with van der Waals surface area (Å²) in [7, 11) is 0. The third-order valence-corrected chi connectivity index (χ3v) is 6.49. The second kappa shape index (κ2) is 9.27. The summed E-state index contributed by atoms with van der Waals surface area (Å²) in [6, 6.07) is 16.0. The second-order valence-electron chi connectivity index (χ2n) is 8.51. The van der Waals surface area contributed by atoms with Crippen molar-refractivity contribution >= 4 is 40.2 Å². The van der Waals surface area contributed by atoms with E-state index in [9.17, 15) is 14.7 Å². The number of hydrogen-bond acceptors (Lipinski definition) is 4. The van der Waals surface area contributed by atoms with Gasteiger partial charge in [0, 0.05) is 17.2 Å². The van der Waals surface area contributed by atoms with Crippen molar-refractivity contribution in [1.29, 1.82) is 0 Å². The quantitative estimate of drug-likeness (QED) is 0.335. The van der Waals surface area contributed by atoms with Crippen LogP contribution in [-0.2, 0) is 0 Å². The predicted octanol–water partition coefficient (Wildman–Crippen LogP) is 6.21. The maximum atomic E-state index is 12.7.